The number of aryl methyl sites for hydroxylation is 1. The number of rotatable bonds is 3. The lowest BCUT2D eigenvalue weighted by Crippen LogP contribution is -2.17. The molecule has 4 rings (SSSR count). The van der Waals surface area contributed by atoms with Gasteiger partial charge in [-0.2, -0.15) is 0 Å². The molecule has 1 aliphatic carbocycles. The van der Waals surface area contributed by atoms with Crippen LogP contribution in [-0.4, -0.2) is 25.6 Å². The third kappa shape index (κ3) is 3.45. The van der Waals surface area contributed by atoms with Gasteiger partial charge >= 0.3 is 0 Å². The molecule has 0 saturated carbocycles. The van der Waals surface area contributed by atoms with Gasteiger partial charge in [0.15, 0.2) is 9.84 Å². The first kappa shape index (κ1) is 17.7. The Morgan fingerprint density at radius 1 is 1.04 bits per heavy atom. The number of para-hydroxylation sites is 1. The van der Waals surface area contributed by atoms with Gasteiger partial charge in [0.25, 0.3) is 5.91 Å². The van der Waals surface area contributed by atoms with E-state index in [1.54, 1.807) is 12.1 Å². The van der Waals surface area contributed by atoms with Gasteiger partial charge in [0.1, 0.15) is 0 Å². The van der Waals surface area contributed by atoms with Gasteiger partial charge in [0.05, 0.1) is 16.1 Å². The van der Waals surface area contributed by atoms with E-state index in [0.29, 0.717) is 5.56 Å². The van der Waals surface area contributed by atoms with Gasteiger partial charge in [-0.1, -0.05) is 24.3 Å². The van der Waals surface area contributed by atoms with Crippen molar-refractivity contribution in [3.05, 3.63) is 65.4 Å². The van der Waals surface area contributed by atoms with Crippen molar-refractivity contribution in [1.82, 2.24) is 4.98 Å². The van der Waals surface area contributed by atoms with Crippen molar-refractivity contribution < 1.29 is 13.2 Å². The average Bonchev–Trinajstić information content (AvgIpc) is 2.67. The second-order valence-corrected chi connectivity index (χ2v) is 8.91. The second kappa shape index (κ2) is 6.78. The normalized spacial score (nSPS) is 14.0. The van der Waals surface area contributed by atoms with Crippen LogP contribution in [-0.2, 0) is 22.7 Å². The van der Waals surface area contributed by atoms with Crippen molar-refractivity contribution in [1.29, 1.82) is 0 Å². The molecule has 0 radical (unpaired) electrons. The summed E-state index contributed by atoms with van der Waals surface area (Å²) in [6, 6.07) is 13.9. The standard InChI is InChI=1S/C21H20N2O3S/c1-27(25,26)15-8-6-7-14(13-15)21(24)23-20-16-9-2-4-11-18(16)22-19-12-5-3-10-17(19)20/h2,4,6-9,11,13H,3,5,10,12H2,1H3,(H,22,23,24). The van der Waals surface area contributed by atoms with E-state index in [9.17, 15) is 13.2 Å². The first-order valence-electron chi connectivity index (χ1n) is 8.95. The number of aromatic nitrogens is 1. The van der Waals surface area contributed by atoms with Gasteiger partial charge in [-0.25, -0.2) is 8.42 Å². The molecule has 0 saturated heterocycles. The van der Waals surface area contributed by atoms with E-state index in [4.69, 9.17) is 4.98 Å². The van der Waals surface area contributed by atoms with Crippen LogP contribution in [0.2, 0.25) is 0 Å². The third-order valence-electron chi connectivity index (χ3n) is 4.93. The Morgan fingerprint density at radius 2 is 1.81 bits per heavy atom. The van der Waals surface area contributed by atoms with Crippen molar-refractivity contribution in [2.45, 2.75) is 30.6 Å². The summed E-state index contributed by atoms with van der Waals surface area (Å²) in [5, 5.41) is 3.94. The Morgan fingerprint density at radius 3 is 2.63 bits per heavy atom. The molecule has 0 aliphatic heterocycles. The Labute approximate surface area is 158 Å². The zero-order valence-corrected chi connectivity index (χ0v) is 15.8. The van der Waals surface area contributed by atoms with Crippen molar-refractivity contribution in [3.63, 3.8) is 0 Å². The van der Waals surface area contributed by atoms with Crippen LogP contribution in [0.3, 0.4) is 0 Å². The summed E-state index contributed by atoms with van der Waals surface area (Å²) in [6.07, 6.45) is 5.09. The fourth-order valence-electron chi connectivity index (χ4n) is 3.57. The molecule has 5 nitrogen and oxygen atoms in total. The number of anilines is 1. The molecule has 0 bridgehead atoms. The summed E-state index contributed by atoms with van der Waals surface area (Å²) in [7, 11) is -3.37. The number of hydrogen-bond acceptors (Lipinski definition) is 4. The van der Waals surface area contributed by atoms with Gasteiger partial charge in [0, 0.05) is 22.9 Å². The topological polar surface area (TPSA) is 76.1 Å². The molecule has 0 atom stereocenters. The predicted molar refractivity (Wildman–Crippen MR) is 106 cm³/mol. The van der Waals surface area contributed by atoms with E-state index in [-0.39, 0.29) is 10.8 Å². The maximum Gasteiger partial charge on any atom is 0.255 e. The zero-order valence-electron chi connectivity index (χ0n) is 15.0. The highest BCUT2D eigenvalue weighted by Gasteiger charge is 2.20. The van der Waals surface area contributed by atoms with E-state index in [1.165, 1.54) is 12.1 Å². The SMILES string of the molecule is CS(=O)(=O)c1cccc(C(=O)Nc2c3c(nc4ccccc24)CCCC3)c1. The molecule has 1 aromatic heterocycles. The maximum atomic E-state index is 12.9. The molecule has 1 heterocycles. The number of pyridine rings is 1. The van der Waals surface area contributed by atoms with Crippen LogP contribution in [0.1, 0.15) is 34.5 Å². The summed E-state index contributed by atoms with van der Waals surface area (Å²) >= 11 is 0. The largest absolute Gasteiger partial charge is 0.321 e. The van der Waals surface area contributed by atoms with Crippen molar-refractivity contribution in [3.8, 4) is 0 Å². The number of carbonyl (C=O) groups is 1. The predicted octanol–water partition coefficient (Wildman–Crippen LogP) is 3.77. The zero-order chi connectivity index (χ0) is 19.0. The third-order valence-corrected chi connectivity index (χ3v) is 6.04. The number of sulfone groups is 1. The molecular weight excluding hydrogens is 360 g/mol. The highest BCUT2D eigenvalue weighted by molar-refractivity contribution is 7.90. The summed E-state index contributed by atoms with van der Waals surface area (Å²) in [4.78, 5) is 17.8. The van der Waals surface area contributed by atoms with E-state index in [2.05, 4.69) is 5.32 Å². The Balaban J connectivity index is 1.79. The minimum Gasteiger partial charge on any atom is -0.321 e. The number of benzene rings is 2. The van der Waals surface area contributed by atoms with Gasteiger partial charge in [-0.05, 0) is 55.5 Å². The van der Waals surface area contributed by atoms with Crippen LogP contribution in [0.15, 0.2) is 53.4 Å². The van der Waals surface area contributed by atoms with Gasteiger partial charge in [0.2, 0.25) is 0 Å². The molecule has 1 aliphatic rings. The number of nitrogens with zero attached hydrogens (tertiary/aromatic N) is 1. The van der Waals surface area contributed by atoms with Gasteiger partial charge in [-0.3, -0.25) is 9.78 Å². The Hall–Kier alpha value is -2.73. The van der Waals surface area contributed by atoms with Crippen LogP contribution >= 0.6 is 0 Å². The highest BCUT2D eigenvalue weighted by atomic mass is 32.2. The first-order chi connectivity index (χ1) is 12.9. The molecule has 2 aromatic carbocycles. The van der Waals surface area contributed by atoms with Crippen LogP contribution in [0, 0.1) is 0 Å². The molecule has 6 heteroatoms. The van der Waals surface area contributed by atoms with Crippen molar-refractivity contribution in [2.75, 3.05) is 11.6 Å². The number of nitrogens with one attached hydrogen (secondary N) is 1. The number of carbonyl (C=O) groups excluding carboxylic acids is 1. The molecule has 0 fully saturated rings. The maximum absolute atomic E-state index is 12.9. The van der Waals surface area contributed by atoms with Gasteiger partial charge in [-0.15, -0.1) is 0 Å². The minimum absolute atomic E-state index is 0.136. The average molecular weight is 380 g/mol. The molecule has 1 amide bonds. The van der Waals surface area contributed by atoms with Crippen LogP contribution in [0.4, 0.5) is 5.69 Å². The number of amides is 1. The molecule has 0 spiro atoms. The van der Waals surface area contributed by atoms with Crippen molar-refractivity contribution in [2.24, 2.45) is 0 Å². The first-order valence-corrected chi connectivity index (χ1v) is 10.8. The molecule has 1 N–H and O–H groups in total. The quantitative estimate of drug-likeness (QED) is 0.750. The lowest BCUT2D eigenvalue weighted by Gasteiger charge is -2.21. The van der Waals surface area contributed by atoms with E-state index in [0.717, 1.165) is 59.8 Å². The lowest BCUT2D eigenvalue weighted by molar-refractivity contribution is 0.102. The molecule has 0 unspecified atom stereocenters. The summed E-state index contributed by atoms with van der Waals surface area (Å²) in [6.45, 7) is 0. The van der Waals surface area contributed by atoms with Crippen molar-refractivity contribution >= 4 is 32.3 Å². The Bertz CT molecular complexity index is 1150. The number of hydrogen-bond donors (Lipinski definition) is 1. The molecule has 27 heavy (non-hydrogen) atoms. The van der Waals surface area contributed by atoms with E-state index in [1.807, 2.05) is 24.3 Å². The molecule has 138 valence electrons. The highest BCUT2D eigenvalue weighted by Crippen LogP contribution is 2.33. The monoisotopic (exact) mass is 380 g/mol. The minimum atomic E-state index is -3.37. The summed E-state index contributed by atoms with van der Waals surface area (Å²) < 4.78 is 23.6. The molecular formula is C21H20N2O3S. The van der Waals surface area contributed by atoms with Gasteiger partial charge < -0.3 is 5.32 Å². The van der Waals surface area contributed by atoms with Crippen LogP contribution in [0.5, 0.6) is 0 Å². The summed E-state index contributed by atoms with van der Waals surface area (Å²) in [5.41, 5.74) is 4.11. The van der Waals surface area contributed by atoms with E-state index < -0.39 is 9.84 Å². The lowest BCUT2D eigenvalue weighted by atomic mass is 9.92. The van der Waals surface area contributed by atoms with Crippen LogP contribution < -0.4 is 5.32 Å². The summed E-state index contributed by atoms with van der Waals surface area (Å²) in [5.74, 6) is -0.315. The fourth-order valence-corrected chi connectivity index (χ4v) is 4.24. The molecule has 3 aromatic rings. The second-order valence-electron chi connectivity index (χ2n) is 6.89. The Kier molecular flexibility index (Phi) is 4.44. The fraction of sp³-hybridized carbons (Fsp3) is 0.238. The number of fused-ring (bicyclic) bond motifs is 2. The smallest absolute Gasteiger partial charge is 0.255 e. The van der Waals surface area contributed by atoms with Crippen LogP contribution in [0.25, 0.3) is 10.9 Å². The van der Waals surface area contributed by atoms with E-state index >= 15 is 0 Å².